The maximum Gasteiger partial charge on any atom is 0.257 e. The van der Waals surface area contributed by atoms with Crippen LogP contribution in [0.1, 0.15) is 16.1 Å². The first-order valence-corrected chi connectivity index (χ1v) is 9.54. The first kappa shape index (κ1) is 19.7. The fourth-order valence-corrected chi connectivity index (χ4v) is 3.07. The van der Waals surface area contributed by atoms with E-state index in [0.717, 1.165) is 42.6 Å². The van der Waals surface area contributed by atoms with Gasteiger partial charge in [-0.2, -0.15) is 4.98 Å². The Hall–Kier alpha value is -3.59. The van der Waals surface area contributed by atoms with Crippen LogP contribution in [0.4, 0.5) is 27.5 Å². The standard InChI is InChI=1S/C21H21FN6O2/c1-14-10-19(28-6-8-30-9-7-28)27-21(24-14)26-18-4-2-17(3-5-18)25-20(29)15-11-16(22)13-23-12-15/h2-5,10-13H,6-9H2,1H3,(H,25,29)(H,24,26,27). The fraction of sp³-hybridized carbons (Fsp3) is 0.238. The molecule has 9 heteroatoms. The first-order valence-electron chi connectivity index (χ1n) is 9.54. The van der Waals surface area contributed by atoms with E-state index >= 15 is 0 Å². The molecule has 0 bridgehead atoms. The Bertz CT molecular complexity index is 1040. The van der Waals surface area contributed by atoms with Crippen LogP contribution in [-0.4, -0.2) is 47.2 Å². The highest BCUT2D eigenvalue weighted by Gasteiger charge is 2.14. The van der Waals surface area contributed by atoms with Crippen LogP contribution in [0.3, 0.4) is 0 Å². The molecule has 1 saturated heterocycles. The van der Waals surface area contributed by atoms with Gasteiger partial charge in [0.15, 0.2) is 0 Å². The van der Waals surface area contributed by atoms with Gasteiger partial charge in [0, 0.05) is 42.4 Å². The molecule has 0 spiro atoms. The Kier molecular flexibility index (Phi) is 5.80. The first-order chi connectivity index (χ1) is 14.6. The number of carbonyl (C=O) groups excluding carboxylic acids is 1. The Morgan fingerprint density at radius 2 is 1.80 bits per heavy atom. The summed E-state index contributed by atoms with van der Waals surface area (Å²) in [4.78, 5) is 27.1. The van der Waals surface area contributed by atoms with E-state index in [0.29, 0.717) is 24.8 Å². The minimum atomic E-state index is -0.559. The number of benzene rings is 1. The number of carbonyl (C=O) groups is 1. The number of pyridine rings is 1. The van der Waals surface area contributed by atoms with E-state index in [2.05, 4.69) is 30.5 Å². The quantitative estimate of drug-likeness (QED) is 0.670. The molecule has 4 rings (SSSR count). The summed E-state index contributed by atoms with van der Waals surface area (Å²) in [7, 11) is 0. The van der Waals surface area contributed by atoms with Crippen molar-refractivity contribution in [2.75, 3.05) is 41.8 Å². The van der Waals surface area contributed by atoms with E-state index in [9.17, 15) is 9.18 Å². The number of nitrogens with one attached hydrogen (secondary N) is 2. The van der Waals surface area contributed by atoms with Crippen LogP contribution in [0.25, 0.3) is 0 Å². The summed E-state index contributed by atoms with van der Waals surface area (Å²) in [6.07, 6.45) is 2.37. The molecule has 154 valence electrons. The Balaban J connectivity index is 1.43. The van der Waals surface area contributed by atoms with Crippen LogP contribution in [0.2, 0.25) is 0 Å². The molecule has 1 aliphatic rings. The summed E-state index contributed by atoms with van der Waals surface area (Å²) < 4.78 is 18.6. The zero-order chi connectivity index (χ0) is 20.9. The van der Waals surface area contributed by atoms with E-state index in [-0.39, 0.29) is 5.56 Å². The van der Waals surface area contributed by atoms with Crippen LogP contribution < -0.4 is 15.5 Å². The van der Waals surface area contributed by atoms with Gasteiger partial charge in [-0.3, -0.25) is 9.78 Å². The average Bonchev–Trinajstić information content (AvgIpc) is 2.75. The summed E-state index contributed by atoms with van der Waals surface area (Å²) >= 11 is 0. The minimum absolute atomic E-state index is 0.154. The largest absolute Gasteiger partial charge is 0.378 e. The number of ether oxygens (including phenoxy) is 1. The third-order valence-corrected chi connectivity index (χ3v) is 4.54. The highest BCUT2D eigenvalue weighted by molar-refractivity contribution is 6.04. The van der Waals surface area contributed by atoms with E-state index < -0.39 is 11.7 Å². The van der Waals surface area contributed by atoms with Crippen LogP contribution in [0, 0.1) is 12.7 Å². The van der Waals surface area contributed by atoms with Gasteiger partial charge in [-0.15, -0.1) is 0 Å². The SMILES string of the molecule is Cc1cc(N2CCOCC2)nc(Nc2ccc(NC(=O)c3cncc(F)c3)cc2)n1. The number of halogens is 1. The van der Waals surface area contributed by atoms with Gasteiger partial charge >= 0.3 is 0 Å². The van der Waals surface area contributed by atoms with E-state index in [1.54, 1.807) is 24.3 Å². The molecule has 8 nitrogen and oxygen atoms in total. The lowest BCUT2D eigenvalue weighted by atomic mass is 10.2. The van der Waals surface area contributed by atoms with Crippen LogP contribution in [0.15, 0.2) is 48.8 Å². The molecule has 2 N–H and O–H groups in total. The van der Waals surface area contributed by atoms with Crippen LogP contribution in [-0.2, 0) is 4.74 Å². The molecule has 3 aromatic rings. The molecule has 0 saturated carbocycles. The zero-order valence-electron chi connectivity index (χ0n) is 16.4. The lowest BCUT2D eigenvalue weighted by Crippen LogP contribution is -2.36. The van der Waals surface area contributed by atoms with Crippen molar-refractivity contribution in [1.29, 1.82) is 0 Å². The van der Waals surface area contributed by atoms with Gasteiger partial charge in [0.25, 0.3) is 5.91 Å². The normalized spacial score (nSPS) is 13.7. The number of hydrogen-bond acceptors (Lipinski definition) is 7. The van der Waals surface area contributed by atoms with E-state index in [1.807, 2.05) is 13.0 Å². The molecule has 1 fully saturated rings. The van der Waals surface area contributed by atoms with Crippen molar-refractivity contribution in [3.05, 3.63) is 65.9 Å². The Morgan fingerprint density at radius 3 is 2.53 bits per heavy atom. The maximum absolute atomic E-state index is 13.2. The Labute approximate surface area is 173 Å². The highest BCUT2D eigenvalue weighted by Crippen LogP contribution is 2.21. The number of rotatable bonds is 5. The molecular weight excluding hydrogens is 387 g/mol. The van der Waals surface area contributed by atoms with Gasteiger partial charge in [-0.05, 0) is 37.3 Å². The maximum atomic E-state index is 13.2. The van der Waals surface area contributed by atoms with Crippen LogP contribution >= 0.6 is 0 Å². The van der Waals surface area contributed by atoms with Crippen molar-refractivity contribution in [3.8, 4) is 0 Å². The number of aromatic nitrogens is 3. The predicted molar refractivity (Wildman–Crippen MR) is 112 cm³/mol. The van der Waals surface area contributed by atoms with Crippen LogP contribution in [0.5, 0.6) is 0 Å². The lowest BCUT2D eigenvalue weighted by molar-refractivity contribution is 0.102. The highest BCUT2D eigenvalue weighted by atomic mass is 19.1. The molecule has 2 aromatic heterocycles. The third kappa shape index (κ3) is 4.87. The summed E-state index contributed by atoms with van der Waals surface area (Å²) in [5.74, 6) is 0.372. The predicted octanol–water partition coefficient (Wildman–Crippen LogP) is 3.15. The monoisotopic (exact) mass is 408 g/mol. The van der Waals surface area contributed by atoms with Gasteiger partial charge in [0.2, 0.25) is 5.95 Å². The summed E-state index contributed by atoms with van der Waals surface area (Å²) in [6, 6.07) is 10.2. The molecule has 1 aromatic carbocycles. The van der Waals surface area contributed by atoms with Crippen molar-refractivity contribution in [2.45, 2.75) is 6.92 Å². The summed E-state index contributed by atoms with van der Waals surface area (Å²) in [5, 5.41) is 5.91. The Morgan fingerprint density at radius 1 is 1.07 bits per heavy atom. The second-order valence-electron chi connectivity index (χ2n) is 6.84. The fourth-order valence-electron chi connectivity index (χ4n) is 3.07. The van der Waals surface area contributed by atoms with Crippen molar-refractivity contribution in [1.82, 2.24) is 15.0 Å². The minimum Gasteiger partial charge on any atom is -0.378 e. The zero-order valence-corrected chi connectivity index (χ0v) is 16.4. The smallest absolute Gasteiger partial charge is 0.257 e. The number of anilines is 4. The molecule has 1 amide bonds. The van der Waals surface area contributed by atoms with Gasteiger partial charge in [0.05, 0.1) is 25.0 Å². The number of nitrogens with zero attached hydrogens (tertiary/aromatic N) is 4. The lowest BCUT2D eigenvalue weighted by Gasteiger charge is -2.28. The molecule has 30 heavy (non-hydrogen) atoms. The number of aryl methyl sites for hydroxylation is 1. The van der Waals surface area contributed by atoms with Gasteiger partial charge < -0.3 is 20.3 Å². The average molecular weight is 408 g/mol. The molecular formula is C21H21FN6O2. The summed E-state index contributed by atoms with van der Waals surface area (Å²) in [6.45, 7) is 4.89. The van der Waals surface area contributed by atoms with Crippen molar-refractivity contribution < 1.29 is 13.9 Å². The van der Waals surface area contributed by atoms with Crippen molar-refractivity contribution in [2.24, 2.45) is 0 Å². The van der Waals surface area contributed by atoms with Gasteiger partial charge in [-0.25, -0.2) is 9.37 Å². The number of morpholine rings is 1. The third-order valence-electron chi connectivity index (χ3n) is 4.54. The molecule has 3 heterocycles. The second kappa shape index (κ2) is 8.83. The molecule has 0 radical (unpaired) electrons. The molecule has 0 unspecified atom stereocenters. The van der Waals surface area contributed by atoms with Crippen molar-refractivity contribution in [3.63, 3.8) is 0 Å². The van der Waals surface area contributed by atoms with E-state index in [4.69, 9.17) is 4.74 Å². The van der Waals surface area contributed by atoms with Crippen molar-refractivity contribution >= 4 is 29.0 Å². The van der Waals surface area contributed by atoms with Gasteiger partial charge in [0.1, 0.15) is 11.6 Å². The number of amides is 1. The summed E-state index contributed by atoms with van der Waals surface area (Å²) in [5.41, 5.74) is 2.37. The number of hydrogen-bond donors (Lipinski definition) is 2. The topological polar surface area (TPSA) is 92.3 Å². The van der Waals surface area contributed by atoms with E-state index in [1.165, 1.54) is 6.20 Å². The molecule has 1 aliphatic heterocycles. The molecule has 0 atom stereocenters. The van der Waals surface area contributed by atoms with Gasteiger partial charge in [-0.1, -0.05) is 0 Å². The molecule has 0 aliphatic carbocycles. The second-order valence-corrected chi connectivity index (χ2v) is 6.84.